The lowest BCUT2D eigenvalue weighted by atomic mass is 9.53. The van der Waals surface area contributed by atoms with Crippen molar-refractivity contribution in [3.8, 4) is 0 Å². The highest BCUT2D eigenvalue weighted by atomic mass is 16.5. The van der Waals surface area contributed by atoms with Crippen LogP contribution in [0.2, 0.25) is 0 Å². The molecule has 0 radical (unpaired) electrons. The lowest BCUT2D eigenvalue weighted by molar-refractivity contribution is -0.153. The molecule has 116 valence electrons. The van der Waals surface area contributed by atoms with Crippen molar-refractivity contribution >= 4 is 0 Å². The zero-order valence-electron chi connectivity index (χ0n) is 13.1. The minimum Gasteiger partial charge on any atom is -0.368 e. The zero-order chi connectivity index (χ0) is 14.7. The molecule has 0 aromatic heterocycles. The Balaban J connectivity index is 1.79. The number of rotatable bonds is 1. The molecule has 0 saturated heterocycles. The van der Waals surface area contributed by atoms with Gasteiger partial charge >= 0.3 is 0 Å². The van der Waals surface area contributed by atoms with Crippen LogP contribution in [0.5, 0.6) is 0 Å². The maximum atomic E-state index is 10.0. The topological polar surface area (TPSA) is 40.5 Å². The Morgan fingerprint density at radius 1 is 1.14 bits per heavy atom. The van der Waals surface area contributed by atoms with Crippen molar-refractivity contribution in [2.24, 2.45) is 22.7 Å². The first-order valence-electron chi connectivity index (χ1n) is 8.84. The maximum absolute atomic E-state index is 10.0. The van der Waals surface area contributed by atoms with Gasteiger partial charge in [-0.2, -0.15) is 0 Å². The van der Waals surface area contributed by atoms with Crippen molar-refractivity contribution in [2.45, 2.75) is 71.0 Å². The molecule has 21 heavy (non-hydrogen) atoms. The quantitative estimate of drug-likeness (QED) is 0.567. The van der Waals surface area contributed by atoms with E-state index in [1.54, 1.807) is 11.1 Å². The summed E-state index contributed by atoms with van der Waals surface area (Å²) in [5.74, 6) is 1.25. The molecule has 0 heterocycles. The molecular formula is C19H28O2. The van der Waals surface area contributed by atoms with E-state index >= 15 is 0 Å². The Labute approximate surface area is 127 Å². The SMILES string of the molecule is C[C@]12C=CCCC1CCC1=C2CC[C@]2(C(O)O)CCC[C@@H]12. The van der Waals surface area contributed by atoms with Crippen molar-refractivity contribution in [3.63, 3.8) is 0 Å². The molecule has 0 aromatic rings. The molecule has 2 N–H and O–H groups in total. The van der Waals surface area contributed by atoms with Crippen LogP contribution in [0.4, 0.5) is 0 Å². The van der Waals surface area contributed by atoms with Crippen molar-refractivity contribution in [1.82, 2.24) is 0 Å². The molecule has 0 bridgehead atoms. The van der Waals surface area contributed by atoms with Gasteiger partial charge in [-0.3, -0.25) is 0 Å². The number of hydrogen-bond acceptors (Lipinski definition) is 2. The summed E-state index contributed by atoms with van der Waals surface area (Å²) in [6.45, 7) is 2.44. The molecule has 0 spiro atoms. The summed E-state index contributed by atoms with van der Waals surface area (Å²) in [5, 5.41) is 20.1. The van der Waals surface area contributed by atoms with Gasteiger partial charge in [-0.1, -0.05) is 36.6 Å². The third-order valence-electron chi connectivity index (χ3n) is 7.40. The number of aliphatic hydroxyl groups is 2. The highest BCUT2D eigenvalue weighted by Crippen LogP contribution is 2.63. The van der Waals surface area contributed by atoms with Crippen molar-refractivity contribution in [3.05, 3.63) is 23.3 Å². The summed E-state index contributed by atoms with van der Waals surface area (Å²) < 4.78 is 0. The predicted molar refractivity (Wildman–Crippen MR) is 83.5 cm³/mol. The number of hydrogen-bond donors (Lipinski definition) is 2. The monoisotopic (exact) mass is 288 g/mol. The van der Waals surface area contributed by atoms with Crippen LogP contribution in [0.25, 0.3) is 0 Å². The first-order chi connectivity index (χ1) is 10.1. The Kier molecular flexibility index (Phi) is 3.14. The average molecular weight is 288 g/mol. The zero-order valence-corrected chi connectivity index (χ0v) is 13.1. The molecule has 0 amide bonds. The van der Waals surface area contributed by atoms with Crippen LogP contribution in [-0.2, 0) is 0 Å². The Morgan fingerprint density at radius 3 is 2.81 bits per heavy atom. The van der Waals surface area contributed by atoms with E-state index in [4.69, 9.17) is 0 Å². The number of allylic oxidation sites excluding steroid dienone is 4. The fourth-order valence-electron chi connectivity index (χ4n) is 6.21. The summed E-state index contributed by atoms with van der Waals surface area (Å²) in [6.07, 6.45) is 14.2. The largest absolute Gasteiger partial charge is 0.368 e. The van der Waals surface area contributed by atoms with E-state index < -0.39 is 6.29 Å². The van der Waals surface area contributed by atoms with Gasteiger partial charge in [-0.05, 0) is 63.2 Å². The van der Waals surface area contributed by atoms with E-state index in [1.807, 2.05) is 0 Å². The molecule has 4 atom stereocenters. The molecule has 4 aliphatic rings. The summed E-state index contributed by atoms with van der Waals surface area (Å²) in [7, 11) is 0. The van der Waals surface area contributed by atoms with Crippen LogP contribution in [0.15, 0.2) is 23.3 Å². The molecule has 2 heteroatoms. The normalized spacial score (nSPS) is 45.5. The second-order valence-electron chi connectivity index (χ2n) is 8.05. The summed E-state index contributed by atoms with van der Waals surface area (Å²) >= 11 is 0. The molecule has 4 aliphatic carbocycles. The Hall–Kier alpha value is -0.600. The van der Waals surface area contributed by atoms with E-state index in [9.17, 15) is 10.2 Å². The van der Waals surface area contributed by atoms with E-state index in [-0.39, 0.29) is 10.8 Å². The fourth-order valence-corrected chi connectivity index (χ4v) is 6.21. The van der Waals surface area contributed by atoms with E-state index in [1.165, 1.54) is 32.1 Å². The van der Waals surface area contributed by atoms with Crippen molar-refractivity contribution in [1.29, 1.82) is 0 Å². The molecule has 1 unspecified atom stereocenters. The van der Waals surface area contributed by atoms with Crippen LogP contribution in [0.1, 0.15) is 64.7 Å². The minimum absolute atomic E-state index is 0.222. The second kappa shape index (κ2) is 4.70. The Morgan fingerprint density at radius 2 is 2.00 bits per heavy atom. The molecule has 1 saturated carbocycles. The van der Waals surface area contributed by atoms with Crippen LogP contribution in [-0.4, -0.2) is 16.5 Å². The molecule has 2 nitrogen and oxygen atoms in total. The predicted octanol–water partition coefficient (Wildman–Crippen LogP) is 3.94. The van der Waals surface area contributed by atoms with Gasteiger partial charge in [0.1, 0.15) is 0 Å². The maximum Gasteiger partial charge on any atom is 0.157 e. The first-order valence-corrected chi connectivity index (χ1v) is 8.84. The molecule has 1 fully saturated rings. The van der Waals surface area contributed by atoms with Crippen LogP contribution < -0.4 is 0 Å². The number of aliphatic hydroxyl groups excluding tert-OH is 1. The van der Waals surface area contributed by atoms with Crippen molar-refractivity contribution in [2.75, 3.05) is 0 Å². The third kappa shape index (κ3) is 1.78. The minimum atomic E-state index is -1.13. The van der Waals surface area contributed by atoms with E-state index in [2.05, 4.69) is 19.1 Å². The molecular weight excluding hydrogens is 260 g/mol. The summed E-state index contributed by atoms with van der Waals surface area (Å²) in [5.41, 5.74) is 3.34. The van der Waals surface area contributed by atoms with Gasteiger partial charge in [0.05, 0.1) is 0 Å². The first kappa shape index (κ1) is 14.0. The van der Waals surface area contributed by atoms with Gasteiger partial charge in [0.25, 0.3) is 0 Å². The van der Waals surface area contributed by atoms with E-state index in [0.717, 1.165) is 31.6 Å². The van der Waals surface area contributed by atoms with Gasteiger partial charge in [0.15, 0.2) is 6.29 Å². The number of fused-ring (bicyclic) bond motifs is 4. The van der Waals surface area contributed by atoms with Crippen LogP contribution in [0.3, 0.4) is 0 Å². The third-order valence-corrected chi connectivity index (χ3v) is 7.40. The average Bonchev–Trinajstić information content (AvgIpc) is 2.92. The fraction of sp³-hybridized carbons (Fsp3) is 0.789. The lowest BCUT2D eigenvalue weighted by Crippen LogP contribution is -2.46. The smallest absolute Gasteiger partial charge is 0.157 e. The van der Waals surface area contributed by atoms with Crippen LogP contribution >= 0.6 is 0 Å². The van der Waals surface area contributed by atoms with E-state index in [0.29, 0.717) is 5.92 Å². The van der Waals surface area contributed by atoms with Crippen molar-refractivity contribution < 1.29 is 10.2 Å². The van der Waals surface area contributed by atoms with Gasteiger partial charge in [0, 0.05) is 10.8 Å². The second-order valence-corrected chi connectivity index (χ2v) is 8.05. The Bertz CT molecular complexity index is 504. The van der Waals surface area contributed by atoms with Gasteiger partial charge in [0.2, 0.25) is 0 Å². The molecule has 4 rings (SSSR count). The van der Waals surface area contributed by atoms with Gasteiger partial charge in [-0.25, -0.2) is 0 Å². The summed E-state index contributed by atoms with van der Waals surface area (Å²) in [6, 6.07) is 0. The van der Waals surface area contributed by atoms with Crippen LogP contribution in [0, 0.1) is 22.7 Å². The highest BCUT2D eigenvalue weighted by Gasteiger charge is 2.55. The summed E-state index contributed by atoms with van der Waals surface area (Å²) in [4.78, 5) is 0. The van der Waals surface area contributed by atoms with Gasteiger partial charge in [-0.15, -0.1) is 0 Å². The molecule has 0 aliphatic heterocycles. The lowest BCUT2D eigenvalue weighted by Gasteiger charge is -2.52. The van der Waals surface area contributed by atoms with Gasteiger partial charge < -0.3 is 10.2 Å². The molecule has 0 aromatic carbocycles. The standard InChI is InChI=1S/C19H28O2/c1-18-10-3-2-5-13(18)7-8-14-15(18)9-12-19(17(20)21)11-4-6-16(14)19/h3,10,13,16-17,20-21H,2,4-9,11-12H2,1H3/t13?,16-,18-,19+/m0/s1. The highest BCUT2D eigenvalue weighted by molar-refractivity contribution is 5.37.